The third-order valence-electron chi connectivity index (χ3n) is 2.43. The summed E-state index contributed by atoms with van der Waals surface area (Å²) in [6.45, 7) is 0.128. The predicted octanol–water partition coefficient (Wildman–Crippen LogP) is 0.804. The average Bonchev–Trinajstić information content (AvgIpc) is 2.27. The summed E-state index contributed by atoms with van der Waals surface area (Å²) >= 11 is 0. The first-order chi connectivity index (χ1) is 9.01. The first kappa shape index (κ1) is 15.1. The molecule has 0 saturated carbocycles. The lowest BCUT2D eigenvalue weighted by Gasteiger charge is -2.18. The van der Waals surface area contributed by atoms with E-state index < -0.39 is 11.9 Å². The summed E-state index contributed by atoms with van der Waals surface area (Å²) in [5, 5.41) is 17.5. The van der Waals surface area contributed by atoms with Gasteiger partial charge in [-0.25, -0.2) is 0 Å². The van der Waals surface area contributed by atoms with Gasteiger partial charge in [-0.2, -0.15) is 0 Å². The van der Waals surface area contributed by atoms with Crippen molar-refractivity contribution in [2.45, 2.75) is 13.2 Å². The largest absolute Gasteiger partial charge is 0.480 e. The van der Waals surface area contributed by atoms with Crippen LogP contribution in [0.2, 0.25) is 0 Å². The van der Waals surface area contributed by atoms with Gasteiger partial charge in [0.1, 0.15) is 0 Å². The fraction of sp³-hybridized carbons (Fsp3) is 0.385. The van der Waals surface area contributed by atoms with E-state index in [1.807, 2.05) is 24.3 Å². The zero-order chi connectivity index (χ0) is 14.3. The minimum absolute atomic E-state index is 0.274. The van der Waals surface area contributed by atoms with Crippen molar-refractivity contribution in [2.24, 2.45) is 0 Å². The van der Waals surface area contributed by atoms with E-state index in [2.05, 4.69) is 0 Å². The molecule has 0 unspecified atom stereocenters. The summed E-state index contributed by atoms with van der Waals surface area (Å²) in [5.74, 6) is -2.09. The zero-order valence-corrected chi connectivity index (χ0v) is 10.7. The monoisotopic (exact) mass is 267 g/mol. The van der Waals surface area contributed by atoms with Crippen LogP contribution in [-0.2, 0) is 27.5 Å². The number of ether oxygens (including phenoxy) is 1. The van der Waals surface area contributed by atoms with Crippen molar-refractivity contribution in [3.63, 3.8) is 0 Å². The van der Waals surface area contributed by atoms with Crippen LogP contribution in [0.15, 0.2) is 24.3 Å². The van der Waals surface area contributed by atoms with Crippen LogP contribution in [-0.4, -0.2) is 47.3 Å². The number of carbonyl (C=O) groups is 2. The van der Waals surface area contributed by atoms with E-state index in [1.165, 1.54) is 4.90 Å². The minimum Gasteiger partial charge on any atom is -0.480 e. The van der Waals surface area contributed by atoms with Gasteiger partial charge in [0.05, 0.1) is 19.7 Å². The molecule has 1 aromatic carbocycles. The van der Waals surface area contributed by atoms with Crippen LogP contribution in [0.3, 0.4) is 0 Å². The van der Waals surface area contributed by atoms with Crippen molar-refractivity contribution in [1.82, 2.24) is 4.90 Å². The molecule has 0 amide bonds. The Labute approximate surface area is 111 Å². The van der Waals surface area contributed by atoms with Crippen molar-refractivity contribution in [3.05, 3.63) is 35.4 Å². The topological polar surface area (TPSA) is 87.1 Å². The van der Waals surface area contributed by atoms with Gasteiger partial charge in [-0.3, -0.25) is 14.5 Å². The van der Waals surface area contributed by atoms with Crippen LogP contribution < -0.4 is 0 Å². The van der Waals surface area contributed by atoms with E-state index in [0.29, 0.717) is 6.61 Å². The van der Waals surface area contributed by atoms with Crippen molar-refractivity contribution in [1.29, 1.82) is 0 Å². The number of hydrogen-bond acceptors (Lipinski definition) is 4. The van der Waals surface area contributed by atoms with Gasteiger partial charge in [0.2, 0.25) is 0 Å². The second kappa shape index (κ2) is 7.50. The number of hydrogen-bond donors (Lipinski definition) is 2. The third-order valence-corrected chi connectivity index (χ3v) is 2.43. The Morgan fingerprint density at radius 1 is 1.16 bits per heavy atom. The maximum Gasteiger partial charge on any atom is 0.317 e. The van der Waals surface area contributed by atoms with E-state index in [-0.39, 0.29) is 19.6 Å². The molecule has 1 aromatic rings. The predicted molar refractivity (Wildman–Crippen MR) is 67.7 cm³/mol. The van der Waals surface area contributed by atoms with Crippen molar-refractivity contribution < 1.29 is 24.5 Å². The molecule has 0 aromatic heterocycles. The van der Waals surface area contributed by atoms with Crippen LogP contribution in [0, 0.1) is 0 Å². The fourth-order valence-electron chi connectivity index (χ4n) is 1.79. The first-order valence-electron chi connectivity index (χ1n) is 5.74. The minimum atomic E-state index is -1.05. The molecule has 0 radical (unpaired) electrons. The Balaban J connectivity index is 2.73. The molecule has 1 rings (SSSR count). The molecule has 0 atom stereocenters. The maximum absolute atomic E-state index is 10.7. The summed E-state index contributed by atoms with van der Waals surface area (Å²) < 4.78 is 5.02. The highest BCUT2D eigenvalue weighted by molar-refractivity contribution is 5.72. The summed E-state index contributed by atoms with van der Waals surface area (Å²) in [6.07, 6.45) is 0. The van der Waals surface area contributed by atoms with Gasteiger partial charge in [0, 0.05) is 13.7 Å². The van der Waals surface area contributed by atoms with E-state index in [9.17, 15) is 9.59 Å². The molecule has 19 heavy (non-hydrogen) atoms. The lowest BCUT2D eigenvalue weighted by molar-refractivity contribution is -0.142. The Hall–Kier alpha value is -1.92. The van der Waals surface area contributed by atoms with Gasteiger partial charge >= 0.3 is 11.9 Å². The smallest absolute Gasteiger partial charge is 0.317 e. The fourth-order valence-corrected chi connectivity index (χ4v) is 1.79. The Morgan fingerprint density at radius 2 is 1.74 bits per heavy atom. The third kappa shape index (κ3) is 5.98. The van der Waals surface area contributed by atoms with Crippen LogP contribution in [0.25, 0.3) is 0 Å². The second-order valence-electron chi connectivity index (χ2n) is 4.19. The summed E-state index contributed by atoms with van der Waals surface area (Å²) in [6, 6.07) is 7.44. The molecule has 0 saturated heterocycles. The number of carboxylic acids is 2. The Morgan fingerprint density at radius 3 is 2.26 bits per heavy atom. The maximum atomic E-state index is 10.7. The standard InChI is InChI=1S/C13H17NO5/c1-19-9-11-4-2-3-10(5-11)6-14(7-12(15)16)8-13(17)18/h2-5H,6-9H2,1H3,(H,15,16)(H,17,18). The number of nitrogens with zero attached hydrogens (tertiary/aromatic N) is 1. The molecular weight excluding hydrogens is 250 g/mol. The van der Waals surface area contributed by atoms with Gasteiger partial charge in [-0.15, -0.1) is 0 Å². The van der Waals surface area contributed by atoms with Gasteiger partial charge in [-0.05, 0) is 11.1 Å². The molecule has 0 aliphatic heterocycles. The lowest BCUT2D eigenvalue weighted by Crippen LogP contribution is -2.33. The van der Waals surface area contributed by atoms with Crippen LogP contribution >= 0.6 is 0 Å². The van der Waals surface area contributed by atoms with E-state index >= 15 is 0 Å². The molecule has 0 spiro atoms. The normalized spacial score (nSPS) is 10.6. The SMILES string of the molecule is COCc1cccc(CN(CC(=O)O)CC(=O)O)c1. The van der Waals surface area contributed by atoms with Gasteiger partial charge < -0.3 is 14.9 Å². The summed E-state index contributed by atoms with van der Waals surface area (Å²) in [7, 11) is 1.59. The first-order valence-corrected chi connectivity index (χ1v) is 5.74. The molecule has 104 valence electrons. The highest BCUT2D eigenvalue weighted by Gasteiger charge is 2.13. The quantitative estimate of drug-likeness (QED) is 0.724. The molecule has 6 heteroatoms. The van der Waals surface area contributed by atoms with Crippen LogP contribution in [0.5, 0.6) is 0 Å². The van der Waals surface area contributed by atoms with Crippen LogP contribution in [0.1, 0.15) is 11.1 Å². The molecule has 0 aliphatic rings. The second-order valence-corrected chi connectivity index (χ2v) is 4.19. The summed E-state index contributed by atoms with van der Waals surface area (Å²) in [5.41, 5.74) is 1.82. The molecule has 6 nitrogen and oxygen atoms in total. The average molecular weight is 267 g/mol. The number of methoxy groups -OCH3 is 1. The number of rotatable bonds is 8. The number of aliphatic carboxylic acids is 2. The van der Waals surface area contributed by atoms with Gasteiger partial charge in [-0.1, -0.05) is 24.3 Å². The van der Waals surface area contributed by atoms with E-state index in [4.69, 9.17) is 14.9 Å². The van der Waals surface area contributed by atoms with Crippen molar-refractivity contribution in [2.75, 3.05) is 20.2 Å². The Bertz CT molecular complexity index is 430. The van der Waals surface area contributed by atoms with Gasteiger partial charge in [0.25, 0.3) is 0 Å². The molecule has 0 heterocycles. The number of benzene rings is 1. The molecule has 0 aliphatic carbocycles. The van der Waals surface area contributed by atoms with E-state index in [0.717, 1.165) is 11.1 Å². The van der Waals surface area contributed by atoms with Crippen LogP contribution in [0.4, 0.5) is 0 Å². The van der Waals surface area contributed by atoms with E-state index in [1.54, 1.807) is 7.11 Å². The Kier molecular flexibility index (Phi) is 5.98. The van der Waals surface area contributed by atoms with Gasteiger partial charge in [0.15, 0.2) is 0 Å². The number of carboxylic acid groups (broad SMARTS) is 2. The van der Waals surface area contributed by atoms with Crippen molar-refractivity contribution in [3.8, 4) is 0 Å². The molecule has 0 bridgehead atoms. The lowest BCUT2D eigenvalue weighted by atomic mass is 10.1. The molecular formula is C13H17NO5. The highest BCUT2D eigenvalue weighted by Crippen LogP contribution is 2.09. The molecule has 0 fully saturated rings. The molecule has 2 N–H and O–H groups in total. The van der Waals surface area contributed by atoms with Crippen molar-refractivity contribution >= 4 is 11.9 Å². The highest BCUT2D eigenvalue weighted by atomic mass is 16.5. The summed E-state index contributed by atoms with van der Waals surface area (Å²) in [4.78, 5) is 22.8. The zero-order valence-electron chi connectivity index (χ0n) is 10.7.